The summed E-state index contributed by atoms with van der Waals surface area (Å²) in [7, 11) is -4.09. The number of hydrazone groups is 1. The molecule has 0 bridgehead atoms. The molecule has 0 fully saturated rings. The van der Waals surface area contributed by atoms with Gasteiger partial charge in [-0.2, -0.15) is 17.9 Å². The molecule has 1 amide bonds. The molecule has 3 aromatic carbocycles. The van der Waals surface area contributed by atoms with Crippen molar-refractivity contribution >= 4 is 38.9 Å². The lowest BCUT2D eigenvalue weighted by Gasteiger charge is -2.27. The van der Waals surface area contributed by atoms with E-state index in [2.05, 4.69) is 10.4 Å². The van der Waals surface area contributed by atoms with Crippen molar-refractivity contribution in [2.45, 2.75) is 11.8 Å². The Morgan fingerprint density at radius 2 is 1.84 bits per heavy atom. The van der Waals surface area contributed by atoms with E-state index in [1.54, 1.807) is 31.2 Å². The van der Waals surface area contributed by atoms with Gasteiger partial charge in [-0.3, -0.25) is 4.79 Å². The summed E-state index contributed by atoms with van der Waals surface area (Å²) < 4.78 is 40.7. The number of nitrogens with one attached hydrogen (secondary N) is 1. The maximum absolute atomic E-state index is 13.8. The highest BCUT2D eigenvalue weighted by Gasteiger charge is 2.34. The zero-order valence-corrected chi connectivity index (χ0v) is 17.9. The minimum atomic E-state index is -4.09. The fourth-order valence-electron chi connectivity index (χ4n) is 3.17. The minimum absolute atomic E-state index is 0.0000617. The average Bonchev–Trinajstić information content (AvgIpc) is 2.73. The number of hydrogen-bond acceptors (Lipinski definition) is 4. The Labute approximate surface area is 184 Å². The van der Waals surface area contributed by atoms with E-state index < -0.39 is 28.3 Å². The lowest BCUT2D eigenvalue weighted by Crippen LogP contribution is -2.38. The Kier molecular flexibility index (Phi) is 5.51. The molecule has 31 heavy (non-hydrogen) atoms. The van der Waals surface area contributed by atoms with Crippen LogP contribution in [-0.2, 0) is 14.8 Å². The number of nitrogens with zero attached hydrogens (tertiary/aromatic N) is 2. The largest absolute Gasteiger partial charge is 0.324 e. The molecule has 1 heterocycles. The third-order valence-electron chi connectivity index (χ3n) is 4.75. The summed E-state index contributed by atoms with van der Waals surface area (Å²) in [6.45, 7) is 1.03. The van der Waals surface area contributed by atoms with Crippen molar-refractivity contribution in [1.29, 1.82) is 0 Å². The van der Waals surface area contributed by atoms with Gasteiger partial charge in [0.1, 0.15) is 18.1 Å². The molecular weight excluding hydrogens is 441 g/mol. The van der Waals surface area contributed by atoms with Gasteiger partial charge >= 0.3 is 0 Å². The van der Waals surface area contributed by atoms with Gasteiger partial charge in [0.25, 0.3) is 10.0 Å². The van der Waals surface area contributed by atoms with Crippen LogP contribution in [0, 0.1) is 12.7 Å². The Hall–Kier alpha value is -3.23. The van der Waals surface area contributed by atoms with Crippen molar-refractivity contribution in [1.82, 2.24) is 4.41 Å². The van der Waals surface area contributed by atoms with Crippen molar-refractivity contribution in [3.05, 3.63) is 94.3 Å². The molecule has 3 aromatic rings. The molecule has 0 radical (unpaired) electrons. The normalized spacial score (nSPS) is 14.5. The van der Waals surface area contributed by atoms with Gasteiger partial charge in [-0.1, -0.05) is 48.0 Å². The molecule has 6 nitrogen and oxygen atoms in total. The van der Waals surface area contributed by atoms with Crippen LogP contribution in [0.1, 0.15) is 16.7 Å². The Morgan fingerprint density at radius 1 is 1.10 bits per heavy atom. The van der Waals surface area contributed by atoms with Crippen LogP contribution in [0.2, 0.25) is 5.02 Å². The van der Waals surface area contributed by atoms with Gasteiger partial charge in [0, 0.05) is 21.8 Å². The average molecular weight is 458 g/mol. The highest BCUT2D eigenvalue weighted by atomic mass is 35.5. The van der Waals surface area contributed by atoms with E-state index in [-0.39, 0.29) is 10.6 Å². The quantitative estimate of drug-likeness (QED) is 0.638. The van der Waals surface area contributed by atoms with Crippen LogP contribution < -0.4 is 5.32 Å². The second kappa shape index (κ2) is 8.13. The summed E-state index contributed by atoms with van der Waals surface area (Å²) in [5, 5.41) is 7.14. The number of anilines is 1. The Morgan fingerprint density at radius 3 is 2.55 bits per heavy atom. The number of halogens is 2. The standard InChI is InChI=1S/C22H17ClFN3O3S/c1-14-7-9-17(12-19(14)24)25-21(28)13-27-26-22(15-5-3-2-4-6-15)18-11-16(23)8-10-20(18)31(27,29)30/h2-12H,13H2,1H3,(H,25,28). The van der Waals surface area contributed by atoms with Crippen molar-refractivity contribution in [2.75, 3.05) is 11.9 Å². The van der Waals surface area contributed by atoms with Crippen LogP contribution in [-0.4, -0.2) is 31.0 Å². The van der Waals surface area contributed by atoms with Crippen LogP contribution in [0.4, 0.5) is 10.1 Å². The number of rotatable bonds is 4. The summed E-state index contributed by atoms with van der Waals surface area (Å²) in [6, 6.07) is 17.6. The molecule has 9 heteroatoms. The summed E-state index contributed by atoms with van der Waals surface area (Å²) in [5.74, 6) is -1.13. The van der Waals surface area contributed by atoms with Gasteiger partial charge < -0.3 is 5.32 Å². The van der Waals surface area contributed by atoms with Gasteiger partial charge in [-0.05, 0) is 42.8 Å². The zero-order chi connectivity index (χ0) is 22.2. The number of hydrogen-bond donors (Lipinski definition) is 1. The molecule has 0 aromatic heterocycles. The molecule has 0 saturated carbocycles. The first-order valence-corrected chi connectivity index (χ1v) is 11.1. The van der Waals surface area contributed by atoms with E-state index in [1.165, 1.54) is 36.4 Å². The number of fused-ring (bicyclic) bond motifs is 1. The number of sulfonamides is 1. The second-order valence-corrected chi connectivity index (χ2v) is 9.20. The van der Waals surface area contributed by atoms with Crippen molar-refractivity contribution in [3.8, 4) is 0 Å². The molecule has 158 valence electrons. The Bertz CT molecular complexity index is 1310. The molecule has 1 N–H and O–H groups in total. The van der Waals surface area contributed by atoms with Crippen LogP contribution in [0.3, 0.4) is 0 Å². The predicted molar refractivity (Wildman–Crippen MR) is 117 cm³/mol. The van der Waals surface area contributed by atoms with Gasteiger partial charge in [-0.15, -0.1) is 0 Å². The van der Waals surface area contributed by atoms with Gasteiger partial charge in [0.15, 0.2) is 0 Å². The maximum Gasteiger partial charge on any atom is 0.280 e. The van der Waals surface area contributed by atoms with Crippen molar-refractivity contribution in [2.24, 2.45) is 5.10 Å². The van der Waals surface area contributed by atoms with Crippen LogP contribution >= 0.6 is 11.6 Å². The molecule has 1 aliphatic heterocycles. The van der Waals surface area contributed by atoms with Crippen LogP contribution in [0.5, 0.6) is 0 Å². The number of carbonyl (C=O) groups excluding carboxylic acids is 1. The smallest absolute Gasteiger partial charge is 0.280 e. The van der Waals surface area contributed by atoms with E-state index in [4.69, 9.17) is 11.6 Å². The van der Waals surface area contributed by atoms with E-state index in [1.807, 2.05) is 6.07 Å². The SMILES string of the molecule is Cc1ccc(NC(=O)CN2N=C(c3ccccc3)c3cc(Cl)ccc3S2(=O)=O)cc1F. The first-order valence-electron chi connectivity index (χ1n) is 9.28. The second-order valence-electron chi connectivity index (χ2n) is 6.95. The highest BCUT2D eigenvalue weighted by molar-refractivity contribution is 7.89. The summed E-state index contributed by atoms with van der Waals surface area (Å²) >= 11 is 6.10. The molecule has 0 aliphatic carbocycles. The van der Waals surface area contributed by atoms with Gasteiger partial charge in [-0.25, -0.2) is 4.39 Å². The van der Waals surface area contributed by atoms with Crippen molar-refractivity contribution in [3.63, 3.8) is 0 Å². The fourth-order valence-corrected chi connectivity index (χ4v) is 4.72. The molecule has 0 saturated heterocycles. The first-order chi connectivity index (χ1) is 14.8. The predicted octanol–water partition coefficient (Wildman–Crippen LogP) is 4.18. The first kappa shape index (κ1) is 21.0. The molecule has 0 spiro atoms. The molecule has 4 rings (SSSR count). The monoisotopic (exact) mass is 457 g/mol. The molecular formula is C22H17ClFN3O3S. The lowest BCUT2D eigenvalue weighted by atomic mass is 10.0. The van der Waals surface area contributed by atoms with E-state index in [0.29, 0.717) is 27.4 Å². The summed E-state index contributed by atoms with van der Waals surface area (Å²) in [5.41, 5.74) is 2.07. The summed E-state index contributed by atoms with van der Waals surface area (Å²) in [4.78, 5) is 12.5. The van der Waals surface area contributed by atoms with Crippen LogP contribution in [0.25, 0.3) is 0 Å². The van der Waals surface area contributed by atoms with E-state index >= 15 is 0 Å². The number of amides is 1. The fraction of sp³-hybridized carbons (Fsp3) is 0.0909. The molecule has 0 atom stereocenters. The number of benzene rings is 3. The van der Waals surface area contributed by atoms with Crippen LogP contribution in [0.15, 0.2) is 76.7 Å². The molecule has 1 aliphatic rings. The highest BCUT2D eigenvalue weighted by Crippen LogP contribution is 2.31. The topological polar surface area (TPSA) is 78.8 Å². The van der Waals surface area contributed by atoms with Gasteiger partial charge in [0.2, 0.25) is 5.91 Å². The third-order valence-corrected chi connectivity index (χ3v) is 6.66. The molecule has 0 unspecified atom stereocenters. The van der Waals surface area contributed by atoms with E-state index in [9.17, 15) is 17.6 Å². The maximum atomic E-state index is 13.8. The lowest BCUT2D eigenvalue weighted by molar-refractivity contribution is -0.116. The minimum Gasteiger partial charge on any atom is -0.324 e. The Balaban J connectivity index is 1.70. The summed E-state index contributed by atoms with van der Waals surface area (Å²) in [6.07, 6.45) is 0. The number of aryl methyl sites for hydroxylation is 1. The third kappa shape index (κ3) is 4.17. The zero-order valence-electron chi connectivity index (χ0n) is 16.3. The van der Waals surface area contributed by atoms with Gasteiger partial charge in [0.05, 0.1) is 4.90 Å². The number of carbonyl (C=O) groups is 1. The van der Waals surface area contributed by atoms with E-state index in [0.717, 1.165) is 4.41 Å². The van der Waals surface area contributed by atoms with Crippen molar-refractivity contribution < 1.29 is 17.6 Å².